The molecule has 1 saturated heterocycles. The molecule has 1 amide bonds. The van der Waals surface area contributed by atoms with E-state index < -0.39 is 0 Å². The molecular weight excluding hydrogens is 382 g/mol. The van der Waals surface area contributed by atoms with Crippen LogP contribution >= 0.6 is 12.2 Å². The van der Waals surface area contributed by atoms with Crippen LogP contribution in [0.25, 0.3) is 5.69 Å². The number of hydrogen-bond donors (Lipinski definition) is 3. The first kappa shape index (κ1) is 21.7. The number of amides is 1. The Morgan fingerprint density at radius 3 is 2.41 bits per heavy atom. The summed E-state index contributed by atoms with van der Waals surface area (Å²) in [6.45, 7) is 15.9. The van der Waals surface area contributed by atoms with E-state index in [2.05, 4.69) is 58.9 Å². The summed E-state index contributed by atoms with van der Waals surface area (Å²) in [7, 11) is 0. The molecule has 0 bridgehead atoms. The van der Waals surface area contributed by atoms with Crippen LogP contribution in [0.5, 0.6) is 0 Å². The second kappa shape index (κ2) is 8.81. The van der Waals surface area contributed by atoms with Gasteiger partial charge in [-0.2, -0.15) is 0 Å². The standard InChI is InChI=1S/C22H33N5OS/c1-17-7-6-8-19(18(17)2)27-14-13-26(21(27)29)16-25-11-9-24(10-12-25)15-20(28)23-22(3,4)5/h6-8,13-14H,9-12,15-16H2,1-5H3,(H,23,28)/p+2. The number of rotatable bonds is 5. The zero-order valence-electron chi connectivity index (χ0n) is 18.3. The van der Waals surface area contributed by atoms with Gasteiger partial charge in [-0.15, -0.1) is 0 Å². The van der Waals surface area contributed by atoms with Gasteiger partial charge in [0, 0.05) is 17.9 Å². The van der Waals surface area contributed by atoms with E-state index in [9.17, 15) is 4.79 Å². The quantitative estimate of drug-likeness (QED) is 0.612. The van der Waals surface area contributed by atoms with Crippen molar-refractivity contribution < 1.29 is 14.6 Å². The van der Waals surface area contributed by atoms with Gasteiger partial charge in [0.05, 0.1) is 5.69 Å². The summed E-state index contributed by atoms with van der Waals surface area (Å²) >= 11 is 5.76. The molecular formula is C22H35N5OS+2. The number of carbonyl (C=O) groups excluding carboxylic acids is 1. The van der Waals surface area contributed by atoms with Crippen molar-refractivity contribution in [2.45, 2.75) is 46.8 Å². The maximum Gasteiger partial charge on any atom is 0.275 e. The van der Waals surface area contributed by atoms with Crippen LogP contribution in [0.15, 0.2) is 30.6 Å². The Labute approximate surface area is 179 Å². The van der Waals surface area contributed by atoms with Crippen molar-refractivity contribution in [3.8, 4) is 5.69 Å². The maximum absolute atomic E-state index is 12.2. The zero-order chi connectivity index (χ0) is 21.2. The summed E-state index contributed by atoms with van der Waals surface area (Å²) in [4.78, 5) is 15.1. The van der Waals surface area contributed by atoms with E-state index in [4.69, 9.17) is 12.2 Å². The van der Waals surface area contributed by atoms with Crippen LogP contribution in [-0.2, 0) is 11.5 Å². The molecule has 158 valence electrons. The Hall–Kier alpha value is -1.96. The lowest BCUT2D eigenvalue weighted by Crippen LogP contribution is -3.28. The summed E-state index contributed by atoms with van der Waals surface area (Å²) in [6.07, 6.45) is 4.16. The number of imidazole rings is 1. The molecule has 0 unspecified atom stereocenters. The van der Waals surface area contributed by atoms with E-state index in [0.717, 1.165) is 43.3 Å². The van der Waals surface area contributed by atoms with Crippen LogP contribution in [0.4, 0.5) is 0 Å². The Kier molecular flexibility index (Phi) is 6.61. The predicted molar refractivity (Wildman–Crippen MR) is 118 cm³/mol. The highest BCUT2D eigenvalue weighted by Gasteiger charge is 2.26. The number of quaternary nitrogens is 2. The molecule has 1 aliphatic rings. The molecule has 29 heavy (non-hydrogen) atoms. The minimum absolute atomic E-state index is 0.142. The summed E-state index contributed by atoms with van der Waals surface area (Å²) in [5.41, 5.74) is 3.53. The molecule has 0 spiro atoms. The SMILES string of the molecule is Cc1cccc(-n2ccn(C[NH+]3CC[NH+](CC(=O)NC(C)(C)C)CC3)c2=S)c1C. The monoisotopic (exact) mass is 417 g/mol. The van der Waals surface area contributed by atoms with Gasteiger partial charge in [0.1, 0.15) is 26.2 Å². The topological polar surface area (TPSA) is 47.8 Å². The smallest absolute Gasteiger partial charge is 0.275 e. The van der Waals surface area contributed by atoms with E-state index in [1.54, 1.807) is 0 Å². The van der Waals surface area contributed by atoms with E-state index in [1.165, 1.54) is 20.9 Å². The lowest BCUT2D eigenvalue weighted by Gasteiger charge is -2.30. The van der Waals surface area contributed by atoms with Crippen molar-refractivity contribution in [1.82, 2.24) is 14.5 Å². The van der Waals surface area contributed by atoms with Gasteiger partial charge in [-0.25, -0.2) is 0 Å². The fourth-order valence-electron chi connectivity index (χ4n) is 3.94. The first-order chi connectivity index (χ1) is 13.6. The predicted octanol–water partition coefficient (Wildman–Crippen LogP) is 0.281. The van der Waals surface area contributed by atoms with E-state index >= 15 is 0 Å². The van der Waals surface area contributed by atoms with Crippen LogP contribution in [0.1, 0.15) is 31.9 Å². The van der Waals surface area contributed by atoms with Crippen LogP contribution in [0, 0.1) is 18.6 Å². The number of nitrogens with zero attached hydrogens (tertiary/aromatic N) is 2. The molecule has 2 aromatic rings. The van der Waals surface area contributed by atoms with E-state index in [-0.39, 0.29) is 11.4 Å². The summed E-state index contributed by atoms with van der Waals surface area (Å²) in [6, 6.07) is 6.34. The third-order valence-electron chi connectivity index (χ3n) is 5.67. The second-order valence-electron chi connectivity index (χ2n) is 9.27. The highest BCUT2D eigenvalue weighted by atomic mass is 32.1. The molecule has 3 rings (SSSR count). The number of nitrogens with one attached hydrogen (secondary N) is 3. The number of aryl methyl sites for hydroxylation is 1. The van der Waals surface area contributed by atoms with Crippen molar-refractivity contribution in [2.24, 2.45) is 0 Å². The molecule has 0 atom stereocenters. The fraction of sp³-hybridized carbons (Fsp3) is 0.545. The van der Waals surface area contributed by atoms with Crippen molar-refractivity contribution in [3.63, 3.8) is 0 Å². The van der Waals surface area contributed by atoms with Gasteiger partial charge in [0.2, 0.25) is 0 Å². The van der Waals surface area contributed by atoms with Crippen LogP contribution in [0.2, 0.25) is 0 Å². The zero-order valence-corrected chi connectivity index (χ0v) is 19.2. The van der Waals surface area contributed by atoms with E-state index in [0.29, 0.717) is 6.54 Å². The Balaban J connectivity index is 1.58. The minimum atomic E-state index is -0.164. The van der Waals surface area contributed by atoms with Crippen LogP contribution in [-0.4, -0.2) is 53.3 Å². The van der Waals surface area contributed by atoms with E-state index in [1.807, 2.05) is 20.8 Å². The van der Waals surface area contributed by atoms with Crippen LogP contribution < -0.4 is 15.1 Å². The lowest BCUT2D eigenvalue weighted by molar-refractivity contribution is -1.02. The molecule has 1 aliphatic heterocycles. The summed E-state index contributed by atoms with van der Waals surface area (Å²) < 4.78 is 5.12. The molecule has 0 saturated carbocycles. The molecule has 1 aromatic heterocycles. The van der Waals surface area contributed by atoms with Crippen molar-refractivity contribution in [2.75, 3.05) is 32.7 Å². The first-order valence-corrected chi connectivity index (χ1v) is 10.9. The second-order valence-corrected chi connectivity index (χ2v) is 9.64. The van der Waals surface area contributed by atoms with Gasteiger partial charge in [-0.05, 0) is 64.0 Å². The van der Waals surface area contributed by atoms with Gasteiger partial charge in [0.15, 0.2) is 18.0 Å². The Bertz CT molecular complexity index is 916. The van der Waals surface area contributed by atoms with Gasteiger partial charge >= 0.3 is 0 Å². The highest BCUT2D eigenvalue weighted by Crippen LogP contribution is 2.18. The van der Waals surface area contributed by atoms with Crippen molar-refractivity contribution >= 4 is 18.1 Å². The average Bonchev–Trinajstić information content (AvgIpc) is 2.98. The summed E-state index contributed by atoms with van der Waals surface area (Å²) in [5, 5.41) is 3.06. The molecule has 1 aromatic carbocycles. The number of piperazine rings is 1. The molecule has 1 fully saturated rings. The third kappa shape index (κ3) is 5.56. The van der Waals surface area contributed by atoms with Gasteiger partial charge < -0.3 is 15.1 Å². The largest absolute Gasteiger partial charge is 0.347 e. The number of carbonyl (C=O) groups is 1. The Morgan fingerprint density at radius 1 is 1.10 bits per heavy atom. The normalized spacial score (nSPS) is 19.9. The lowest BCUT2D eigenvalue weighted by atomic mass is 10.1. The Morgan fingerprint density at radius 2 is 1.76 bits per heavy atom. The fourth-order valence-corrected chi connectivity index (χ4v) is 4.22. The summed E-state index contributed by atoms with van der Waals surface area (Å²) in [5.74, 6) is 0.142. The third-order valence-corrected chi connectivity index (χ3v) is 6.10. The maximum atomic E-state index is 12.2. The molecule has 0 radical (unpaired) electrons. The molecule has 0 aliphatic carbocycles. The van der Waals surface area contributed by atoms with Gasteiger partial charge in [-0.1, -0.05) is 12.1 Å². The molecule has 3 N–H and O–H groups in total. The molecule has 2 heterocycles. The number of hydrogen-bond acceptors (Lipinski definition) is 2. The van der Waals surface area contributed by atoms with Gasteiger partial charge in [0.25, 0.3) is 5.91 Å². The molecule has 6 nitrogen and oxygen atoms in total. The van der Waals surface area contributed by atoms with Crippen molar-refractivity contribution in [1.29, 1.82) is 0 Å². The van der Waals surface area contributed by atoms with Crippen molar-refractivity contribution in [3.05, 3.63) is 46.5 Å². The average molecular weight is 418 g/mol. The number of benzene rings is 1. The molecule has 7 heteroatoms. The van der Waals surface area contributed by atoms with Crippen LogP contribution in [0.3, 0.4) is 0 Å². The highest BCUT2D eigenvalue weighted by molar-refractivity contribution is 7.71. The minimum Gasteiger partial charge on any atom is -0.347 e. The van der Waals surface area contributed by atoms with Gasteiger partial charge in [-0.3, -0.25) is 13.9 Å². The first-order valence-electron chi connectivity index (χ1n) is 10.5. The number of aromatic nitrogens is 2.